The zero-order valence-electron chi connectivity index (χ0n) is 15.1. The Morgan fingerprint density at radius 2 is 1.90 bits per heavy atom. The second-order valence-corrected chi connectivity index (χ2v) is 6.77. The smallest absolute Gasteiger partial charge is 0.259 e. The zero-order valence-corrected chi connectivity index (χ0v) is 15.9. The number of carbonyl (C=O) groups is 1. The van der Waals surface area contributed by atoms with Crippen molar-refractivity contribution in [1.29, 1.82) is 0 Å². The molecule has 0 fully saturated rings. The predicted octanol–water partition coefficient (Wildman–Crippen LogP) is 3.95. The third kappa shape index (κ3) is 3.36. The number of hydrogen-bond donors (Lipinski definition) is 1. The van der Waals surface area contributed by atoms with Crippen LogP contribution in [-0.2, 0) is 13.1 Å². The minimum absolute atomic E-state index is 0.0283. The molecule has 0 bridgehead atoms. The highest BCUT2D eigenvalue weighted by molar-refractivity contribution is 6.33. The molecule has 0 atom stereocenters. The van der Waals surface area contributed by atoms with Gasteiger partial charge in [0.05, 0.1) is 31.5 Å². The first-order valence-electron chi connectivity index (χ1n) is 8.55. The number of rotatable bonds is 4. The van der Waals surface area contributed by atoms with Gasteiger partial charge in [0.25, 0.3) is 5.91 Å². The number of aromatic nitrogens is 2. The number of phenolic OH excluding ortho intramolecular Hbond substituents is 1. The van der Waals surface area contributed by atoms with Crippen LogP contribution in [0, 0.1) is 11.6 Å². The Morgan fingerprint density at radius 1 is 1.17 bits per heavy atom. The summed E-state index contributed by atoms with van der Waals surface area (Å²) in [6.45, 7) is 0.149. The van der Waals surface area contributed by atoms with Gasteiger partial charge in [-0.25, -0.2) is 18.7 Å². The molecule has 2 heterocycles. The fraction of sp³-hybridized carbons (Fsp3) is 0.150. The minimum Gasteiger partial charge on any atom is -0.507 e. The Hall–Kier alpha value is -3.26. The largest absolute Gasteiger partial charge is 0.507 e. The average molecular weight is 418 g/mol. The highest BCUT2D eigenvalue weighted by Crippen LogP contribution is 2.33. The molecular weight excluding hydrogens is 404 g/mol. The molecule has 3 aromatic rings. The topological polar surface area (TPSA) is 75.5 Å². The average Bonchev–Trinajstić information content (AvgIpc) is 2.99. The van der Waals surface area contributed by atoms with Crippen molar-refractivity contribution in [3.63, 3.8) is 0 Å². The Bertz CT molecular complexity index is 1120. The van der Waals surface area contributed by atoms with Crippen molar-refractivity contribution in [2.75, 3.05) is 7.11 Å². The van der Waals surface area contributed by atoms with Gasteiger partial charge in [-0.15, -0.1) is 0 Å². The van der Waals surface area contributed by atoms with Gasteiger partial charge in [0.1, 0.15) is 33.9 Å². The summed E-state index contributed by atoms with van der Waals surface area (Å²) < 4.78 is 33.2. The summed E-state index contributed by atoms with van der Waals surface area (Å²) in [6.07, 6.45) is 0. The van der Waals surface area contributed by atoms with Gasteiger partial charge in [0.2, 0.25) is 0 Å². The van der Waals surface area contributed by atoms with Crippen molar-refractivity contribution in [2.24, 2.45) is 0 Å². The standard InChI is InChI=1S/C20H14ClF2N3O3/c1-29-11-6-5-10(15(27)7-11)8-26-9-14-17(20(26)28)18(21)25-19(24-14)16-12(22)3-2-4-13(16)23/h2-7,27H,8-9H2,1H3. The Balaban J connectivity index is 1.67. The molecule has 29 heavy (non-hydrogen) atoms. The molecule has 4 rings (SSSR count). The van der Waals surface area contributed by atoms with Crippen molar-refractivity contribution in [2.45, 2.75) is 13.1 Å². The van der Waals surface area contributed by atoms with Gasteiger partial charge < -0.3 is 14.7 Å². The minimum atomic E-state index is -0.828. The normalized spacial score (nSPS) is 13.0. The van der Waals surface area contributed by atoms with Crippen LogP contribution in [0.3, 0.4) is 0 Å². The van der Waals surface area contributed by atoms with E-state index >= 15 is 0 Å². The van der Waals surface area contributed by atoms with Crippen LogP contribution in [-0.4, -0.2) is 33.0 Å². The first-order valence-corrected chi connectivity index (χ1v) is 8.92. The number of phenols is 1. The first kappa shape index (κ1) is 19.1. The maximum absolute atomic E-state index is 14.1. The Kier molecular flexibility index (Phi) is 4.79. The maximum atomic E-state index is 14.1. The molecule has 1 aromatic heterocycles. The van der Waals surface area contributed by atoms with Crippen LogP contribution in [0.2, 0.25) is 5.15 Å². The highest BCUT2D eigenvalue weighted by Gasteiger charge is 2.33. The van der Waals surface area contributed by atoms with Crippen LogP contribution in [0.4, 0.5) is 8.78 Å². The first-order chi connectivity index (χ1) is 13.9. The van der Waals surface area contributed by atoms with Gasteiger partial charge in [-0.2, -0.15) is 0 Å². The van der Waals surface area contributed by atoms with E-state index in [4.69, 9.17) is 16.3 Å². The number of hydrogen-bond acceptors (Lipinski definition) is 5. The van der Waals surface area contributed by atoms with Crippen LogP contribution in [0.5, 0.6) is 11.5 Å². The molecule has 1 N–H and O–H groups in total. The van der Waals surface area contributed by atoms with Crippen molar-refractivity contribution < 1.29 is 23.4 Å². The molecule has 2 aromatic carbocycles. The molecule has 0 aliphatic carbocycles. The zero-order chi connectivity index (χ0) is 20.7. The third-order valence-corrected chi connectivity index (χ3v) is 4.90. The molecule has 6 nitrogen and oxygen atoms in total. The summed E-state index contributed by atoms with van der Waals surface area (Å²) in [4.78, 5) is 22.3. The van der Waals surface area contributed by atoms with E-state index in [9.17, 15) is 18.7 Å². The predicted molar refractivity (Wildman–Crippen MR) is 101 cm³/mol. The van der Waals surface area contributed by atoms with Crippen LogP contribution in [0.15, 0.2) is 36.4 Å². The van der Waals surface area contributed by atoms with E-state index in [1.807, 2.05) is 0 Å². The van der Waals surface area contributed by atoms with Crippen LogP contribution in [0.1, 0.15) is 21.6 Å². The second-order valence-electron chi connectivity index (χ2n) is 6.41. The number of benzene rings is 2. The number of ether oxygens (including phenoxy) is 1. The quantitative estimate of drug-likeness (QED) is 0.651. The molecule has 0 saturated heterocycles. The van der Waals surface area contributed by atoms with Crippen molar-refractivity contribution in [3.05, 3.63) is 70.0 Å². The SMILES string of the molecule is COc1ccc(CN2Cc3nc(-c4c(F)cccc4F)nc(Cl)c3C2=O)c(O)c1. The fourth-order valence-corrected chi connectivity index (χ4v) is 3.44. The number of aromatic hydroxyl groups is 1. The van der Waals surface area contributed by atoms with Crippen molar-refractivity contribution in [3.8, 4) is 22.9 Å². The Labute approximate surface area is 169 Å². The van der Waals surface area contributed by atoms with Gasteiger partial charge >= 0.3 is 0 Å². The molecule has 0 unspecified atom stereocenters. The molecule has 1 aliphatic rings. The summed E-state index contributed by atoms with van der Waals surface area (Å²) in [5.41, 5.74) is 0.438. The van der Waals surface area contributed by atoms with E-state index in [1.54, 1.807) is 12.1 Å². The lowest BCUT2D eigenvalue weighted by atomic mass is 10.1. The monoisotopic (exact) mass is 417 g/mol. The third-order valence-electron chi connectivity index (χ3n) is 4.62. The van der Waals surface area contributed by atoms with Gasteiger partial charge in [-0.3, -0.25) is 4.79 Å². The lowest BCUT2D eigenvalue weighted by molar-refractivity contribution is 0.0765. The fourth-order valence-electron chi connectivity index (χ4n) is 3.17. The number of carbonyl (C=O) groups excluding carboxylic acids is 1. The second kappa shape index (κ2) is 7.29. The maximum Gasteiger partial charge on any atom is 0.259 e. The molecule has 0 spiro atoms. The molecule has 148 valence electrons. The number of amides is 1. The number of halogens is 3. The van der Waals surface area contributed by atoms with Gasteiger partial charge in [0, 0.05) is 11.6 Å². The van der Waals surface area contributed by atoms with E-state index in [0.29, 0.717) is 11.3 Å². The van der Waals surface area contributed by atoms with Crippen LogP contribution >= 0.6 is 11.6 Å². The van der Waals surface area contributed by atoms with Crippen molar-refractivity contribution >= 4 is 17.5 Å². The Morgan fingerprint density at radius 3 is 2.55 bits per heavy atom. The van der Waals surface area contributed by atoms with E-state index in [2.05, 4.69) is 9.97 Å². The summed E-state index contributed by atoms with van der Waals surface area (Å²) in [5.74, 6) is -1.87. The van der Waals surface area contributed by atoms with Gasteiger partial charge in [-0.1, -0.05) is 17.7 Å². The molecule has 9 heteroatoms. The summed E-state index contributed by atoms with van der Waals surface area (Å²) >= 11 is 6.15. The molecule has 0 radical (unpaired) electrons. The van der Waals surface area contributed by atoms with E-state index < -0.39 is 23.1 Å². The van der Waals surface area contributed by atoms with Gasteiger partial charge in [-0.05, 0) is 24.3 Å². The van der Waals surface area contributed by atoms with E-state index in [1.165, 1.54) is 24.1 Å². The van der Waals surface area contributed by atoms with Crippen molar-refractivity contribution in [1.82, 2.24) is 14.9 Å². The number of nitrogens with zero attached hydrogens (tertiary/aromatic N) is 3. The summed E-state index contributed by atoms with van der Waals surface area (Å²) in [7, 11) is 1.48. The molecule has 1 amide bonds. The van der Waals surface area contributed by atoms with E-state index in [0.717, 1.165) is 12.1 Å². The summed E-state index contributed by atoms with van der Waals surface area (Å²) in [5, 5.41) is 9.96. The number of fused-ring (bicyclic) bond motifs is 1. The highest BCUT2D eigenvalue weighted by atomic mass is 35.5. The summed E-state index contributed by atoms with van der Waals surface area (Å²) in [6, 6.07) is 8.15. The molecule has 1 aliphatic heterocycles. The van der Waals surface area contributed by atoms with Crippen LogP contribution < -0.4 is 4.74 Å². The molecular formula is C20H14ClF2N3O3. The lowest BCUT2D eigenvalue weighted by Crippen LogP contribution is -2.23. The van der Waals surface area contributed by atoms with E-state index in [-0.39, 0.29) is 41.1 Å². The number of methoxy groups -OCH3 is 1. The molecule has 0 saturated carbocycles. The van der Waals surface area contributed by atoms with Gasteiger partial charge in [0.15, 0.2) is 5.82 Å². The lowest BCUT2D eigenvalue weighted by Gasteiger charge is -2.16. The van der Waals surface area contributed by atoms with Crippen LogP contribution in [0.25, 0.3) is 11.4 Å².